The van der Waals surface area contributed by atoms with Crippen molar-refractivity contribution in [1.29, 1.82) is 0 Å². The number of nitrogen functional groups attached to an aromatic ring is 1. The molecule has 9 heteroatoms. The normalized spacial score (nSPS) is 13.3. The van der Waals surface area contributed by atoms with Crippen molar-refractivity contribution in [2.24, 2.45) is 0 Å². The molecule has 0 saturated carbocycles. The van der Waals surface area contributed by atoms with E-state index >= 15 is 0 Å². The van der Waals surface area contributed by atoms with Crippen molar-refractivity contribution < 1.29 is 5.11 Å². The highest BCUT2D eigenvalue weighted by Gasteiger charge is 2.25. The Hall–Kier alpha value is -2.29. The summed E-state index contributed by atoms with van der Waals surface area (Å²) in [6, 6.07) is 0. The highest BCUT2D eigenvalue weighted by molar-refractivity contribution is 5.37. The first-order chi connectivity index (χ1) is 8.88. The van der Waals surface area contributed by atoms with Crippen LogP contribution in [0.4, 0.5) is 11.9 Å². The van der Waals surface area contributed by atoms with Crippen molar-refractivity contribution in [2.45, 2.75) is 32.4 Å². The monoisotopic (exact) mass is 264 g/mol. The van der Waals surface area contributed by atoms with Gasteiger partial charge in [0.1, 0.15) is 12.7 Å². The first kappa shape index (κ1) is 13.1. The number of aliphatic hydroxyl groups is 1. The van der Waals surface area contributed by atoms with Gasteiger partial charge in [0.05, 0.1) is 11.6 Å². The van der Waals surface area contributed by atoms with Crippen LogP contribution in [0.2, 0.25) is 0 Å². The van der Waals surface area contributed by atoms with E-state index in [4.69, 9.17) is 5.73 Å². The molecule has 0 aliphatic carbocycles. The zero-order chi connectivity index (χ0) is 14.0. The fraction of sp³-hybridized carbons (Fsp3) is 0.500. The molecule has 19 heavy (non-hydrogen) atoms. The fourth-order valence-electron chi connectivity index (χ4n) is 1.24. The van der Waals surface area contributed by atoms with Crippen LogP contribution in [0.3, 0.4) is 0 Å². The standard InChI is InChI=1S/C10H16N8O/c1-6(19)10(2,3)17-8-14-7(11)15-9(16-8)18-5-12-4-13-18/h4-6,19H,1-3H3,(H3,11,14,15,16,17). The van der Waals surface area contributed by atoms with Gasteiger partial charge in [-0.05, 0) is 20.8 Å². The van der Waals surface area contributed by atoms with E-state index in [1.807, 2.05) is 13.8 Å². The van der Waals surface area contributed by atoms with Gasteiger partial charge in [0, 0.05) is 0 Å². The molecule has 1 atom stereocenters. The van der Waals surface area contributed by atoms with Crippen molar-refractivity contribution in [3.63, 3.8) is 0 Å². The Morgan fingerprint density at radius 3 is 2.68 bits per heavy atom. The number of anilines is 2. The molecule has 0 aliphatic heterocycles. The molecule has 0 bridgehead atoms. The summed E-state index contributed by atoms with van der Waals surface area (Å²) in [5.41, 5.74) is 5.03. The topological polar surface area (TPSA) is 128 Å². The van der Waals surface area contributed by atoms with E-state index in [-0.39, 0.29) is 17.8 Å². The van der Waals surface area contributed by atoms with Crippen molar-refractivity contribution in [3.05, 3.63) is 12.7 Å². The third-order valence-corrected chi connectivity index (χ3v) is 2.74. The number of hydrogen-bond donors (Lipinski definition) is 3. The summed E-state index contributed by atoms with van der Waals surface area (Å²) >= 11 is 0. The number of aromatic nitrogens is 6. The summed E-state index contributed by atoms with van der Waals surface area (Å²) < 4.78 is 1.37. The van der Waals surface area contributed by atoms with Crippen LogP contribution < -0.4 is 11.1 Å². The molecule has 0 saturated heterocycles. The maximum Gasteiger partial charge on any atom is 0.258 e. The van der Waals surface area contributed by atoms with E-state index in [0.29, 0.717) is 0 Å². The van der Waals surface area contributed by atoms with Crippen LogP contribution in [0.5, 0.6) is 0 Å². The predicted molar refractivity (Wildman–Crippen MR) is 68.5 cm³/mol. The van der Waals surface area contributed by atoms with Gasteiger partial charge in [0.15, 0.2) is 0 Å². The van der Waals surface area contributed by atoms with Crippen molar-refractivity contribution in [1.82, 2.24) is 29.7 Å². The van der Waals surface area contributed by atoms with Gasteiger partial charge in [-0.2, -0.15) is 24.7 Å². The lowest BCUT2D eigenvalue weighted by Gasteiger charge is -2.29. The Labute approximate surface area is 109 Å². The molecule has 0 aromatic carbocycles. The molecule has 2 rings (SSSR count). The first-order valence-electron chi connectivity index (χ1n) is 5.71. The van der Waals surface area contributed by atoms with Crippen LogP contribution in [-0.4, -0.2) is 46.5 Å². The van der Waals surface area contributed by atoms with E-state index < -0.39 is 11.6 Å². The number of nitrogens with zero attached hydrogens (tertiary/aromatic N) is 6. The molecule has 9 nitrogen and oxygen atoms in total. The van der Waals surface area contributed by atoms with Gasteiger partial charge in [0.2, 0.25) is 11.9 Å². The molecule has 0 spiro atoms. The highest BCUT2D eigenvalue weighted by atomic mass is 16.3. The molecule has 2 aromatic heterocycles. The van der Waals surface area contributed by atoms with Crippen LogP contribution >= 0.6 is 0 Å². The Morgan fingerprint density at radius 2 is 2.11 bits per heavy atom. The minimum atomic E-state index is -0.604. The van der Waals surface area contributed by atoms with Gasteiger partial charge in [0.25, 0.3) is 5.95 Å². The second kappa shape index (κ2) is 4.76. The molecule has 2 aromatic rings. The molecular weight excluding hydrogens is 248 g/mol. The highest BCUT2D eigenvalue weighted by Crippen LogP contribution is 2.16. The second-order valence-electron chi connectivity index (χ2n) is 4.68. The lowest BCUT2D eigenvalue weighted by atomic mass is 9.99. The number of hydrogen-bond acceptors (Lipinski definition) is 8. The minimum Gasteiger partial charge on any atom is -0.391 e. The van der Waals surface area contributed by atoms with Crippen molar-refractivity contribution in [3.8, 4) is 5.95 Å². The molecule has 4 N–H and O–H groups in total. The summed E-state index contributed by atoms with van der Waals surface area (Å²) in [5.74, 6) is 0.585. The van der Waals surface area contributed by atoms with E-state index in [0.717, 1.165) is 0 Å². The van der Waals surface area contributed by atoms with Gasteiger partial charge in [-0.25, -0.2) is 4.98 Å². The van der Waals surface area contributed by atoms with Crippen LogP contribution in [0, 0.1) is 0 Å². The second-order valence-corrected chi connectivity index (χ2v) is 4.68. The van der Waals surface area contributed by atoms with Crippen molar-refractivity contribution >= 4 is 11.9 Å². The lowest BCUT2D eigenvalue weighted by molar-refractivity contribution is 0.132. The molecule has 1 unspecified atom stereocenters. The zero-order valence-electron chi connectivity index (χ0n) is 10.9. The van der Waals surface area contributed by atoms with Crippen LogP contribution in [-0.2, 0) is 0 Å². The van der Waals surface area contributed by atoms with Gasteiger partial charge in [-0.3, -0.25) is 0 Å². The average Bonchev–Trinajstić information content (AvgIpc) is 2.80. The van der Waals surface area contributed by atoms with E-state index in [9.17, 15) is 5.11 Å². The van der Waals surface area contributed by atoms with Gasteiger partial charge >= 0.3 is 0 Å². The number of aliphatic hydroxyl groups excluding tert-OH is 1. The minimum absolute atomic E-state index is 0.0596. The molecular formula is C10H16N8O. The van der Waals surface area contributed by atoms with Crippen molar-refractivity contribution in [2.75, 3.05) is 11.1 Å². The first-order valence-corrected chi connectivity index (χ1v) is 5.71. The molecule has 0 aliphatic rings. The van der Waals surface area contributed by atoms with E-state index in [1.165, 1.54) is 17.3 Å². The summed E-state index contributed by atoms with van der Waals surface area (Å²) in [5, 5.41) is 16.6. The summed E-state index contributed by atoms with van der Waals surface area (Å²) in [7, 11) is 0. The number of nitrogens with two attached hydrogens (primary N) is 1. The SMILES string of the molecule is CC(O)C(C)(C)Nc1nc(N)nc(-n2cncn2)n1. The quantitative estimate of drug-likeness (QED) is 0.681. The molecule has 0 fully saturated rings. The van der Waals surface area contributed by atoms with Gasteiger partial charge in [-0.1, -0.05) is 0 Å². The Kier molecular flexibility index (Phi) is 3.30. The van der Waals surface area contributed by atoms with Crippen LogP contribution in [0.1, 0.15) is 20.8 Å². The number of rotatable bonds is 4. The molecule has 102 valence electrons. The van der Waals surface area contributed by atoms with Crippen LogP contribution in [0.25, 0.3) is 5.95 Å². The summed E-state index contributed by atoms with van der Waals surface area (Å²) in [6.07, 6.45) is 2.23. The molecule has 0 amide bonds. The average molecular weight is 264 g/mol. The summed E-state index contributed by atoms with van der Waals surface area (Å²) in [4.78, 5) is 15.9. The van der Waals surface area contributed by atoms with Crippen LogP contribution in [0.15, 0.2) is 12.7 Å². The zero-order valence-corrected chi connectivity index (χ0v) is 10.9. The maximum atomic E-state index is 9.67. The molecule has 2 heterocycles. The Bertz CT molecular complexity index is 551. The third-order valence-electron chi connectivity index (χ3n) is 2.74. The van der Waals surface area contributed by atoms with E-state index in [1.54, 1.807) is 6.92 Å². The lowest BCUT2D eigenvalue weighted by Crippen LogP contribution is -2.42. The molecule has 0 radical (unpaired) electrons. The number of nitrogens with one attached hydrogen (secondary N) is 1. The fourth-order valence-corrected chi connectivity index (χ4v) is 1.24. The maximum absolute atomic E-state index is 9.67. The third kappa shape index (κ3) is 2.94. The van der Waals surface area contributed by atoms with Gasteiger partial charge in [-0.15, -0.1) is 0 Å². The smallest absolute Gasteiger partial charge is 0.258 e. The van der Waals surface area contributed by atoms with Gasteiger partial charge < -0.3 is 16.2 Å². The summed E-state index contributed by atoms with van der Waals surface area (Å²) in [6.45, 7) is 5.33. The Morgan fingerprint density at radius 1 is 1.37 bits per heavy atom. The largest absolute Gasteiger partial charge is 0.391 e. The van der Waals surface area contributed by atoms with E-state index in [2.05, 4.69) is 30.4 Å². The predicted octanol–water partition coefficient (Wildman–Crippen LogP) is -0.394. The Balaban J connectivity index is 2.32.